The average Bonchev–Trinajstić information content (AvgIpc) is 2.62. The van der Waals surface area contributed by atoms with Crippen LogP contribution in [0.5, 0.6) is 0 Å². The standard InChI is InChI=1S/C20H28N4O2/c1-15-11-16(2)19(17(3)12-15)23-20(25)18(13-21)14-22-5-4-6-24-7-9-26-10-8-24/h11-12,14,22H,4-10H2,1-3H3,(H,23,25)/b18-14-. The highest BCUT2D eigenvalue weighted by atomic mass is 16.5. The Morgan fingerprint density at radius 1 is 1.27 bits per heavy atom. The smallest absolute Gasteiger partial charge is 0.267 e. The number of carbonyl (C=O) groups excluding carboxylic acids is 1. The Bertz CT molecular complexity index is 677. The molecule has 1 saturated heterocycles. The van der Waals surface area contributed by atoms with Crippen molar-refractivity contribution in [2.75, 3.05) is 44.7 Å². The number of amides is 1. The minimum Gasteiger partial charge on any atom is -0.390 e. The first kappa shape index (κ1) is 20.0. The van der Waals surface area contributed by atoms with Gasteiger partial charge in [0.25, 0.3) is 5.91 Å². The zero-order valence-corrected chi connectivity index (χ0v) is 15.9. The number of carbonyl (C=O) groups is 1. The summed E-state index contributed by atoms with van der Waals surface area (Å²) in [7, 11) is 0. The van der Waals surface area contributed by atoms with Crippen LogP contribution in [-0.2, 0) is 9.53 Å². The van der Waals surface area contributed by atoms with Crippen LogP contribution in [0.25, 0.3) is 0 Å². The second kappa shape index (κ2) is 9.95. The fourth-order valence-corrected chi connectivity index (χ4v) is 3.11. The number of ether oxygens (including phenoxy) is 1. The zero-order valence-electron chi connectivity index (χ0n) is 15.9. The Kier molecular flexibility index (Phi) is 7.64. The van der Waals surface area contributed by atoms with Gasteiger partial charge in [0.15, 0.2) is 0 Å². The Morgan fingerprint density at radius 2 is 1.92 bits per heavy atom. The molecule has 0 saturated carbocycles. The van der Waals surface area contributed by atoms with Gasteiger partial charge >= 0.3 is 0 Å². The molecule has 0 aliphatic carbocycles. The van der Waals surface area contributed by atoms with E-state index in [1.807, 2.05) is 39.0 Å². The van der Waals surface area contributed by atoms with E-state index >= 15 is 0 Å². The first-order valence-corrected chi connectivity index (χ1v) is 9.04. The maximum absolute atomic E-state index is 12.4. The van der Waals surface area contributed by atoms with Gasteiger partial charge in [0.1, 0.15) is 11.6 Å². The van der Waals surface area contributed by atoms with Crippen molar-refractivity contribution in [2.24, 2.45) is 0 Å². The fourth-order valence-electron chi connectivity index (χ4n) is 3.11. The third-order valence-corrected chi connectivity index (χ3v) is 4.43. The molecular weight excluding hydrogens is 328 g/mol. The van der Waals surface area contributed by atoms with E-state index in [9.17, 15) is 10.1 Å². The van der Waals surface area contributed by atoms with Crippen molar-refractivity contribution in [3.63, 3.8) is 0 Å². The summed E-state index contributed by atoms with van der Waals surface area (Å²) >= 11 is 0. The van der Waals surface area contributed by atoms with Gasteiger partial charge in [-0.3, -0.25) is 9.69 Å². The van der Waals surface area contributed by atoms with Crippen LogP contribution in [0.15, 0.2) is 23.9 Å². The Balaban J connectivity index is 1.84. The van der Waals surface area contributed by atoms with E-state index in [-0.39, 0.29) is 11.5 Å². The Morgan fingerprint density at radius 3 is 2.54 bits per heavy atom. The van der Waals surface area contributed by atoms with Crippen LogP contribution in [0.1, 0.15) is 23.1 Å². The molecule has 0 radical (unpaired) electrons. The van der Waals surface area contributed by atoms with Gasteiger partial charge in [-0.15, -0.1) is 0 Å². The Hall–Kier alpha value is -2.36. The molecule has 0 spiro atoms. The van der Waals surface area contributed by atoms with Gasteiger partial charge in [-0.25, -0.2) is 0 Å². The van der Waals surface area contributed by atoms with Crippen molar-refractivity contribution in [1.29, 1.82) is 5.26 Å². The van der Waals surface area contributed by atoms with Gasteiger partial charge in [0, 0.05) is 31.5 Å². The third-order valence-electron chi connectivity index (χ3n) is 4.43. The van der Waals surface area contributed by atoms with Gasteiger partial charge in [0.2, 0.25) is 0 Å². The molecule has 1 fully saturated rings. The number of rotatable bonds is 7. The van der Waals surface area contributed by atoms with Crippen molar-refractivity contribution < 1.29 is 9.53 Å². The van der Waals surface area contributed by atoms with E-state index in [0.29, 0.717) is 0 Å². The molecule has 0 aromatic heterocycles. The third kappa shape index (κ3) is 5.87. The van der Waals surface area contributed by atoms with E-state index in [0.717, 1.165) is 68.2 Å². The molecule has 140 valence electrons. The number of aryl methyl sites for hydroxylation is 3. The number of nitrogens with one attached hydrogen (secondary N) is 2. The lowest BCUT2D eigenvalue weighted by Gasteiger charge is -2.26. The molecule has 2 N–H and O–H groups in total. The normalized spacial score (nSPS) is 15.4. The molecule has 26 heavy (non-hydrogen) atoms. The van der Waals surface area contributed by atoms with Gasteiger partial charge in [-0.1, -0.05) is 17.7 Å². The predicted molar refractivity (Wildman–Crippen MR) is 103 cm³/mol. The summed E-state index contributed by atoms with van der Waals surface area (Å²) in [5.41, 5.74) is 3.99. The lowest BCUT2D eigenvalue weighted by molar-refractivity contribution is -0.112. The number of morpholine rings is 1. The first-order chi connectivity index (χ1) is 12.5. The minimum atomic E-state index is -0.386. The molecule has 1 aromatic carbocycles. The lowest BCUT2D eigenvalue weighted by Crippen LogP contribution is -2.37. The molecule has 1 aliphatic rings. The maximum atomic E-state index is 12.4. The molecular formula is C20H28N4O2. The van der Waals surface area contributed by atoms with Crippen molar-refractivity contribution in [3.8, 4) is 6.07 Å². The summed E-state index contributed by atoms with van der Waals surface area (Å²) in [6, 6.07) is 6.00. The second-order valence-corrected chi connectivity index (χ2v) is 6.66. The zero-order chi connectivity index (χ0) is 18.9. The van der Waals surface area contributed by atoms with E-state index < -0.39 is 0 Å². The SMILES string of the molecule is Cc1cc(C)c(NC(=O)/C(C#N)=C\NCCCN2CCOCC2)c(C)c1. The number of anilines is 1. The number of benzene rings is 1. The monoisotopic (exact) mass is 356 g/mol. The first-order valence-electron chi connectivity index (χ1n) is 9.04. The molecule has 0 unspecified atom stereocenters. The van der Waals surface area contributed by atoms with Gasteiger partial charge in [0.05, 0.1) is 13.2 Å². The van der Waals surface area contributed by atoms with Gasteiger partial charge < -0.3 is 15.4 Å². The highest BCUT2D eigenvalue weighted by molar-refractivity contribution is 6.07. The van der Waals surface area contributed by atoms with Crippen LogP contribution in [0.3, 0.4) is 0 Å². The summed E-state index contributed by atoms with van der Waals surface area (Å²) < 4.78 is 5.32. The van der Waals surface area contributed by atoms with E-state index in [4.69, 9.17) is 4.74 Å². The summed E-state index contributed by atoms with van der Waals surface area (Å²) in [5.74, 6) is -0.386. The molecule has 2 rings (SSSR count). The molecule has 6 heteroatoms. The number of hydrogen-bond acceptors (Lipinski definition) is 5. The highest BCUT2D eigenvalue weighted by Crippen LogP contribution is 2.22. The van der Waals surface area contributed by atoms with Crippen molar-refractivity contribution >= 4 is 11.6 Å². The molecule has 0 bridgehead atoms. The van der Waals surface area contributed by atoms with Gasteiger partial charge in [-0.2, -0.15) is 5.26 Å². The van der Waals surface area contributed by atoms with Crippen LogP contribution < -0.4 is 10.6 Å². The number of nitrogens with zero attached hydrogens (tertiary/aromatic N) is 2. The highest BCUT2D eigenvalue weighted by Gasteiger charge is 2.13. The molecule has 0 atom stereocenters. The van der Waals surface area contributed by atoms with Crippen LogP contribution in [0, 0.1) is 32.1 Å². The van der Waals surface area contributed by atoms with Crippen molar-refractivity contribution in [3.05, 3.63) is 40.6 Å². The lowest BCUT2D eigenvalue weighted by atomic mass is 10.0. The van der Waals surface area contributed by atoms with E-state index in [1.165, 1.54) is 6.20 Å². The predicted octanol–water partition coefficient (Wildman–Crippen LogP) is 2.27. The fraction of sp³-hybridized carbons (Fsp3) is 0.500. The quantitative estimate of drug-likeness (QED) is 0.445. The second-order valence-electron chi connectivity index (χ2n) is 6.66. The van der Waals surface area contributed by atoms with Crippen LogP contribution in [0.2, 0.25) is 0 Å². The summed E-state index contributed by atoms with van der Waals surface area (Å²) in [4.78, 5) is 14.7. The van der Waals surface area contributed by atoms with Crippen molar-refractivity contribution in [2.45, 2.75) is 27.2 Å². The summed E-state index contributed by atoms with van der Waals surface area (Å²) in [6.45, 7) is 11.2. The average molecular weight is 356 g/mol. The topological polar surface area (TPSA) is 77.4 Å². The van der Waals surface area contributed by atoms with Crippen molar-refractivity contribution in [1.82, 2.24) is 10.2 Å². The molecule has 1 heterocycles. The largest absolute Gasteiger partial charge is 0.390 e. The maximum Gasteiger partial charge on any atom is 0.267 e. The van der Waals surface area contributed by atoms with Crippen LogP contribution in [0.4, 0.5) is 5.69 Å². The number of hydrogen-bond donors (Lipinski definition) is 2. The van der Waals surface area contributed by atoms with Gasteiger partial charge in [-0.05, 0) is 44.9 Å². The van der Waals surface area contributed by atoms with E-state index in [2.05, 4.69) is 15.5 Å². The summed E-state index contributed by atoms with van der Waals surface area (Å²) in [6.07, 6.45) is 2.46. The van der Waals surface area contributed by atoms with Crippen LogP contribution >= 0.6 is 0 Å². The molecule has 1 aromatic rings. The Labute approximate surface area is 155 Å². The molecule has 1 amide bonds. The summed E-state index contributed by atoms with van der Waals surface area (Å²) in [5, 5.41) is 15.2. The van der Waals surface area contributed by atoms with E-state index in [1.54, 1.807) is 0 Å². The molecule has 6 nitrogen and oxygen atoms in total. The van der Waals surface area contributed by atoms with Crippen LogP contribution in [-0.4, -0.2) is 50.2 Å². The minimum absolute atomic E-state index is 0.0794. The molecule has 1 aliphatic heterocycles. The number of nitriles is 1.